The number of fused-ring (bicyclic) bond motifs is 1. The number of nitrogens with zero attached hydrogens (tertiary/aromatic N) is 3. The van der Waals surface area contributed by atoms with Crippen molar-refractivity contribution in [2.24, 2.45) is 5.92 Å². The summed E-state index contributed by atoms with van der Waals surface area (Å²) in [5.74, 6) is -0.282. The van der Waals surface area contributed by atoms with Crippen LogP contribution in [0.2, 0.25) is 5.02 Å². The number of likely N-dealkylation sites (tertiary alicyclic amines) is 1. The average Bonchev–Trinajstić information content (AvgIpc) is 3.90. The van der Waals surface area contributed by atoms with Crippen molar-refractivity contribution in [2.75, 3.05) is 31.6 Å². The van der Waals surface area contributed by atoms with Crippen molar-refractivity contribution in [2.45, 2.75) is 43.2 Å². The lowest BCUT2D eigenvalue weighted by molar-refractivity contribution is -0.384. The molecule has 13 nitrogen and oxygen atoms in total. The summed E-state index contributed by atoms with van der Waals surface area (Å²) in [6.07, 6.45) is 7.09. The fourth-order valence-corrected chi connectivity index (χ4v) is 8.72. The van der Waals surface area contributed by atoms with Gasteiger partial charge in [-0.3, -0.25) is 19.8 Å². The maximum atomic E-state index is 13.8. The van der Waals surface area contributed by atoms with Crippen LogP contribution in [0.1, 0.15) is 53.2 Å². The number of aromatic nitrogens is 2. The average molecular weight is 821 g/mol. The van der Waals surface area contributed by atoms with Crippen LogP contribution in [0.5, 0.6) is 11.5 Å². The quantitative estimate of drug-likeness (QED) is 0.0756. The zero-order valence-electron chi connectivity index (χ0n) is 31.4. The van der Waals surface area contributed by atoms with Gasteiger partial charge in [-0.25, -0.2) is 18.1 Å². The van der Waals surface area contributed by atoms with Gasteiger partial charge in [-0.15, -0.1) is 0 Å². The van der Waals surface area contributed by atoms with Gasteiger partial charge in [0.25, 0.3) is 21.6 Å². The predicted molar refractivity (Wildman–Crippen MR) is 222 cm³/mol. The number of hydrogen-bond donors (Lipinski definition) is 3. The zero-order chi connectivity index (χ0) is 40.2. The Morgan fingerprint density at radius 3 is 2.52 bits per heavy atom. The van der Waals surface area contributed by atoms with Gasteiger partial charge in [-0.2, -0.15) is 0 Å². The Bertz CT molecular complexity index is 2560. The highest BCUT2D eigenvalue weighted by Crippen LogP contribution is 2.36. The van der Waals surface area contributed by atoms with Crippen molar-refractivity contribution in [3.8, 4) is 22.6 Å². The summed E-state index contributed by atoms with van der Waals surface area (Å²) in [5.41, 5.74) is 4.35. The van der Waals surface area contributed by atoms with E-state index in [4.69, 9.17) is 21.1 Å². The highest BCUT2D eigenvalue weighted by Gasteiger charge is 2.28. The fourth-order valence-electron chi connectivity index (χ4n) is 7.61. The monoisotopic (exact) mass is 820 g/mol. The third-order valence-electron chi connectivity index (χ3n) is 10.7. The molecule has 4 heterocycles. The van der Waals surface area contributed by atoms with Gasteiger partial charge in [0.15, 0.2) is 0 Å². The molecule has 2 fully saturated rings. The first-order chi connectivity index (χ1) is 28.1. The summed E-state index contributed by atoms with van der Waals surface area (Å²) < 4.78 is 40.9. The first-order valence-corrected chi connectivity index (χ1v) is 21.0. The van der Waals surface area contributed by atoms with E-state index in [-0.39, 0.29) is 22.9 Å². The number of amides is 1. The van der Waals surface area contributed by atoms with E-state index in [0.29, 0.717) is 37.2 Å². The van der Waals surface area contributed by atoms with E-state index in [0.717, 1.165) is 71.9 Å². The Morgan fingerprint density at radius 1 is 0.966 bits per heavy atom. The van der Waals surface area contributed by atoms with E-state index in [1.807, 2.05) is 30.3 Å². The second-order valence-corrected chi connectivity index (χ2v) is 16.7. The van der Waals surface area contributed by atoms with E-state index in [1.165, 1.54) is 30.0 Å². The Hall–Kier alpha value is -5.80. The zero-order valence-corrected chi connectivity index (χ0v) is 33.0. The van der Waals surface area contributed by atoms with Crippen LogP contribution in [0.3, 0.4) is 0 Å². The molecule has 1 amide bonds. The van der Waals surface area contributed by atoms with Crippen molar-refractivity contribution < 1.29 is 27.6 Å². The number of rotatable bonds is 13. The lowest BCUT2D eigenvalue weighted by Gasteiger charge is -2.25. The molecule has 4 aromatic carbocycles. The topological polar surface area (TPSA) is 169 Å². The minimum absolute atomic E-state index is 0.0652. The molecular formula is C43H41ClN6O7S. The van der Waals surface area contributed by atoms with Crippen LogP contribution in [0.4, 0.5) is 11.4 Å². The second kappa shape index (κ2) is 17.0. The molecule has 0 spiro atoms. The maximum absolute atomic E-state index is 13.8. The van der Waals surface area contributed by atoms with E-state index < -0.39 is 31.4 Å². The molecule has 0 radical (unpaired) electrons. The number of sulfonamides is 1. The van der Waals surface area contributed by atoms with Gasteiger partial charge in [0.2, 0.25) is 0 Å². The molecule has 1 unspecified atom stereocenters. The Morgan fingerprint density at radius 2 is 1.74 bits per heavy atom. The smallest absolute Gasteiger partial charge is 0.293 e. The molecule has 2 aliphatic heterocycles. The lowest BCUT2D eigenvalue weighted by Crippen LogP contribution is -2.31. The Kier molecular flexibility index (Phi) is 11.4. The molecule has 1 atom stereocenters. The van der Waals surface area contributed by atoms with Gasteiger partial charge in [0, 0.05) is 55.0 Å². The molecule has 298 valence electrons. The highest BCUT2D eigenvalue weighted by molar-refractivity contribution is 7.90. The number of nitrogens with one attached hydrogen (secondary N) is 3. The molecule has 2 saturated heterocycles. The minimum Gasteiger partial charge on any atom is -0.455 e. The standard InChI is InChI=1S/C43H41ClN6O7S/c44-34-10-7-31(8-11-34)39-2-1-19-49(39)27-29-3-5-30(6-4-29)32-9-13-37(41(23-32)57-35-22-33-15-18-45-42(33)47-26-35)43(51)48-58(54,55)36-12-14-38(40(24-36)50(52)53)46-25-28-16-20-56-21-17-28/h3-15,18,22-24,26,28,39,46H,1-2,16-17,19-21,25,27H2,(H,45,47)(H,48,51). The maximum Gasteiger partial charge on any atom is 0.293 e. The van der Waals surface area contributed by atoms with Gasteiger partial charge < -0.3 is 19.8 Å². The molecule has 6 aromatic rings. The van der Waals surface area contributed by atoms with Crippen LogP contribution in [0.25, 0.3) is 22.2 Å². The molecule has 3 N–H and O–H groups in total. The number of anilines is 1. The minimum atomic E-state index is -4.56. The van der Waals surface area contributed by atoms with Crippen molar-refractivity contribution in [3.05, 3.63) is 141 Å². The number of hydrogen-bond acceptors (Lipinski definition) is 10. The third-order valence-corrected chi connectivity index (χ3v) is 12.3. The van der Waals surface area contributed by atoms with E-state index in [9.17, 15) is 23.3 Å². The van der Waals surface area contributed by atoms with Crippen LogP contribution >= 0.6 is 11.6 Å². The molecule has 2 aromatic heterocycles. The summed E-state index contributed by atoms with van der Waals surface area (Å²) in [6, 6.07) is 28.6. The van der Waals surface area contributed by atoms with Crippen molar-refractivity contribution >= 4 is 49.9 Å². The summed E-state index contributed by atoms with van der Waals surface area (Å²) in [6.45, 7) is 3.50. The molecule has 58 heavy (non-hydrogen) atoms. The van der Waals surface area contributed by atoms with Gasteiger partial charge >= 0.3 is 0 Å². The van der Waals surface area contributed by atoms with Crippen LogP contribution in [0.15, 0.2) is 114 Å². The predicted octanol–water partition coefficient (Wildman–Crippen LogP) is 8.88. The number of nitro benzene ring substituents is 1. The number of carbonyl (C=O) groups is 1. The highest BCUT2D eigenvalue weighted by atomic mass is 35.5. The van der Waals surface area contributed by atoms with E-state index in [1.54, 1.807) is 24.4 Å². The summed E-state index contributed by atoms with van der Waals surface area (Å²) >= 11 is 6.14. The number of benzene rings is 4. The number of ether oxygens (including phenoxy) is 2. The SMILES string of the molecule is O=C(NS(=O)(=O)c1ccc(NCC2CCOCC2)c([N+](=O)[O-])c1)c1ccc(-c2ccc(CN3CCCC3c3ccc(Cl)cc3)cc2)cc1Oc1cnc2[nH]ccc2c1. The number of pyridine rings is 1. The number of aromatic amines is 1. The molecule has 0 bridgehead atoms. The van der Waals surface area contributed by atoms with Crippen LogP contribution < -0.4 is 14.8 Å². The van der Waals surface area contributed by atoms with Gasteiger partial charge in [-0.1, -0.05) is 54.1 Å². The normalized spacial score (nSPS) is 16.3. The summed E-state index contributed by atoms with van der Waals surface area (Å²) in [7, 11) is -4.56. The first kappa shape index (κ1) is 39.0. The van der Waals surface area contributed by atoms with E-state index >= 15 is 0 Å². The summed E-state index contributed by atoms with van der Waals surface area (Å²) in [5, 5.41) is 16.6. The first-order valence-electron chi connectivity index (χ1n) is 19.1. The Balaban J connectivity index is 1.03. The number of halogens is 1. The van der Waals surface area contributed by atoms with Crippen LogP contribution in [-0.4, -0.2) is 60.4 Å². The number of carbonyl (C=O) groups excluding carboxylic acids is 1. The molecule has 0 aliphatic carbocycles. The molecule has 15 heteroatoms. The van der Waals surface area contributed by atoms with Crippen LogP contribution in [0, 0.1) is 16.0 Å². The van der Waals surface area contributed by atoms with Gasteiger partial charge in [0.05, 0.1) is 21.6 Å². The van der Waals surface area contributed by atoms with Gasteiger partial charge in [-0.05, 0) is 109 Å². The van der Waals surface area contributed by atoms with Gasteiger partial charge in [0.1, 0.15) is 22.8 Å². The largest absolute Gasteiger partial charge is 0.455 e. The third kappa shape index (κ3) is 8.85. The van der Waals surface area contributed by atoms with Crippen LogP contribution in [-0.2, 0) is 21.3 Å². The Labute approximate surface area is 340 Å². The second-order valence-electron chi connectivity index (χ2n) is 14.6. The van der Waals surface area contributed by atoms with Crippen molar-refractivity contribution in [1.29, 1.82) is 0 Å². The molecular weight excluding hydrogens is 780 g/mol. The molecule has 0 saturated carbocycles. The molecule has 2 aliphatic rings. The van der Waals surface area contributed by atoms with Crippen molar-refractivity contribution in [1.82, 2.24) is 19.6 Å². The lowest BCUT2D eigenvalue weighted by atomic mass is 10.0. The summed E-state index contributed by atoms with van der Waals surface area (Å²) in [4.78, 5) is 34.7. The van der Waals surface area contributed by atoms with Crippen molar-refractivity contribution in [3.63, 3.8) is 0 Å². The fraction of sp³-hybridized carbons (Fsp3) is 0.256. The molecule has 8 rings (SSSR count). The number of nitro groups is 1. The van der Waals surface area contributed by atoms with E-state index in [2.05, 4.69) is 49.2 Å². The number of H-pyrrole nitrogens is 1.